The molecule has 0 aliphatic rings. The topological polar surface area (TPSA) is 35.8 Å². The van der Waals surface area contributed by atoms with Crippen molar-refractivity contribution in [2.24, 2.45) is 5.92 Å². The van der Waals surface area contributed by atoms with Crippen LogP contribution in [0.3, 0.4) is 0 Å². The maximum atomic E-state index is 8.89. The first-order valence-corrected chi connectivity index (χ1v) is 6.39. The van der Waals surface area contributed by atoms with Gasteiger partial charge in [0.1, 0.15) is 0 Å². The number of aryl methyl sites for hydroxylation is 1. The van der Waals surface area contributed by atoms with Crippen molar-refractivity contribution in [2.75, 3.05) is 5.32 Å². The molecule has 0 aromatic heterocycles. The third-order valence-electron chi connectivity index (χ3n) is 3.50. The van der Waals surface area contributed by atoms with Crippen LogP contribution in [0.5, 0.6) is 0 Å². The summed E-state index contributed by atoms with van der Waals surface area (Å²) in [6.07, 6.45) is 2.39. The van der Waals surface area contributed by atoms with E-state index in [1.54, 1.807) is 0 Å². The molecule has 0 spiro atoms. The summed E-state index contributed by atoms with van der Waals surface area (Å²) in [6.45, 7) is 8.67. The molecule has 0 saturated carbocycles. The number of anilines is 1. The van der Waals surface area contributed by atoms with Crippen LogP contribution in [0.25, 0.3) is 0 Å². The third kappa shape index (κ3) is 3.49. The summed E-state index contributed by atoms with van der Waals surface area (Å²) in [6, 6.07) is 8.59. The van der Waals surface area contributed by atoms with Crippen LogP contribution in [-0.4, -0.2) is 6.04 Å². The molecule has 1 atom stereocenters. The summed E-state index contributed by atoms with van der Waals surface area (Å²) >= 11 is 0. The standard InChI is InChI=1S/C15H22N2/c1-5-13(6-2)12(4)17-15-8-7-14(10-16)11(3)9-15/h7-9,12-13,17H,5-6H2,1-4H3. The van der Waals surface area contributed by atoms with E-state index in [0.29, 0.717) is 12.0 Å². The minimum Gasteiger partial charge on any atom is -0.382 e. The van der Waals surface area contributed by atoms with E-state index in [1.165, 1.54) is 12.8 Å². The molecule has 2 nitrogen and oxygen atoms in total. The van der Waals surface area contributed by atoms with Crippen LogP contribution >= 0.6 is 0 Å². The van der Waals surface area contributed by atoms with E-state index < -0.39 is 0 Å². The number of rotatable bonds is 5. The van der Waals surface area contributed by atoms with Crippen LogP contribution in [0.15, 0.2) is 18.2 Å². The predicted octanol–water partition coefficient (Wildman–Crippen LogP) is 4.10. The molecular formula is C15H22N2. The zero-order valence-corrected chi connectivity index (χ0v) is 11.2. The van der Waals surface area contributed by atoms with E-state index in [9.17, 15) is 0 Å². The Morgan fingerprint density at radius 1 is 1.29 bits per heavy atom. The van der Waals surface area contributed by atoms with Gasteiger partial charge in [0.2, 0.25) is 0 Å². The lowest BCUT2D eigenvalue weighted by atomic mass is 9.95. The van der Waals surface area contributed by atoms with E-state index >= 15 is 0 Å². The van der Waals surface area contributed by atoms with Crippen molar-refractivity contribution in [3.8, 4) is 6.07 Å². The Morgan fingerprint density at radius 3 is 2.41 bits per heavy atom. The molecule has 0 aliphatic carbocycles. The zero-order valence-electron chi connectivity index (χ0n) is 11.2. The fraction of sp³-hybridized carbons (Fsp3) is 0.533. The Kier molecular flexibility index (Phi) is 5.03. The molecule has 92 valence electrons. The average molecular weight is 230 g/mol. The molecule has 0 amide bonds. The van der Waals surface area contributed by atoms with Gasteiger partial charge in [0.05, 0.1) is 11.6 Å². The van der Waals surface area contributed by atoms with Gasteiger partial charge in [-0.15, -0.1) is 0 Å². The summed E-state index contributed by atoms with van der Waals surface area (Å²) in [4.78, 5) is 0. The van der Waals surface area contributed by atoms with Crippen molar-refractivity contribution in [3.05, 3.63) is 29.3 Å². The van der Waals surface area contributed by atoms with Crippen LogP contribution in [0.2, 0.25) is 0 Å². The van der Waals surface area contributed by atoms with Crippen molar-refractivity contribution >= 4 is 5.69 Å². The number of hydrogen-bond acceptors (Lipinski definition) is 2. The van der Waals surface area contributed by atoms with E-state index in [-0.39, 0.29) is 0 Å². The zero-order chi connectivity index (χ0) is 12.8. The highest BCUT2D eigenvalue weighted by molar-refractivity contribution is 5.52. The first-order chi connectivity index (χ1) is 8.12. The van der Waals surface area contributed by atoms with Gasteiger partial charge < -0.3 is 5.32 Å². The molecular weight excluding hydrogens is 208 g/mol. The van der Waals surface area contributed by atoms with Crippen molar-refractivity contribution in [3.63, 3.8) is 0 Å². The van der Waals surface area contributed by atoms with E-state index in [1.807, 2.05) is 19.1 Å². The number of benzene rings is 1. The monoisotopic (exact) mass is 230 g/mol. The molecule has 0 heterocycles. The van der Waals surface area contributed by atoms with Crippen LogP contribution in [0, 0.1) is 24.2 Å². The molecule has 2 heteroatoms. The predicted molar refractivity (Wildman–Crippen MR) is 73.1 cm³/mol. The van der Waals surface area contributed by atoms with Gasteiger partial charge in [0.15, 0.2) is 0 Å². The quantitative estimate of drug-likeness (QED) is 0.826. The highest BCUT2D eigenvalue weighted by Gasteiger charge is 2.13. The lowest BCUT2D eigenvalue weighted by Gasteiger charge is -2.23. The maximum absolute atomic E-state index is 8.89. The Bertz CT molecular complexity index is 400. The third-order valence-corrected chi connectivity index (χ3v) is 3.50. The molecule has 0 saturated heterocycles. The van der Waals surface area contributed by atoms with Gasteiger partial charge in [0, 0.05) is 11.7 Å². The number of hydrogen-bond donors (Lipinski definition) is 1. The Morgan fingerprint density at radius 2 is 1.94 bits per heavy atom. The molecule has 0 fully saturated rings. The van der Waals surface area contributed by atoms with Gasteiger partial charge in [0.25, 0.3) is 0 Å². The molecule has 1 aromatic rings. The highest BCUT2D eigenvalue weighted by Crippen LogP contribution is 2.20. The van der Waals surface area contributed by atoms with Gasteiger partial charge in [-0.3, -0.25) is 0 Å². The summed E-state index contributed by atoms with van der Waals surface area (Å²) < 4.78 is 0. The Balaban J connectivity index is 2.76. The lowest BCUT2D eigenvalue weighted by Crippen LogP contribution is -2.24. The summed E-state index contributed by atoms with van der Waals surface area (Å²) in [7, 11) is 0. The Labute approximate surface area is 105 Å². The lowest BCUT2D eigenvalue weighted by molar-refractivity contribution is 0.438. The van der Waals surface area contributed by atoms with Gasteiger partial charge >= 0.3 is 0 Å². The largest absolute Gasteiger partial charge is 0.382 e. The van der Waals surface area contributed by atoms with Gasteiger partial charge in [-0.2, -0.15) is 5.26 Å². The second kappa shape index (κ2) is 6.30. The van der Waals surface area contributed by atoms with Crippen LogP contribution in [0.1, 0.15) is 44.7 Å². The second-order valence-corrected chi connectivity index (χ2v) is 4.65. The van der Waals surface area contributed by atoms with Crippen LogP contribution < -0.4 is 5.32 Å². The number of nitriles is 1. The fourth-order valence-electron chi connectivity index (χ4n) is 2.26. The first-order valence-electron chi connectivity index (χ1n) is 6.39. The van der Waals surface area contributed by atoms with E-state index in [2.05, 4.69) is 38.2 Å². The smallest absolute Gasteiger partial charge is 0.0994 e. The summed E-state index contributed by atoms with van der Waals surface area (Å²) in [5, 5.41) is 12.4. The molecule has 1 unspecified atom stereocenters. The molecule has 17 heavy (non-hydrogen) atoms. The minimum atomic E-state index is 0.470. The van der Waals surface area contributed by atoms with E-state index in [0.717, 1.165) is 16.8 Å². The average Bonchev–Trinajstić information content (AvgIpc) is 2.31. The molecule has 1 N–H and O–H groups in total. The van der Waals surface area contributed by atoms with Gasteiger partial charge in [-0.1, -0.05) is 26.7 Å². The first kappa shape index (κ1) is 13.6. The number of nitrogens with one attached hydrogen (secondary N) is 1. The number of nitrogens with zero attached hydrogens (tertiary/aromatic N) is 1. The van der Waals surface area contributed by atoms with Gasteiger partial charge in [-0.25, -0.2) is 0 Å². The fourth-order valence-corrected chi connectivity index (χ4v) is 2.26. The summed E-state index contributed by atoms with van der Waals surface area (Å²) in [5.74, 6) is 0.700. The SMILES string of the molecule is CCC(CC)C(C)Nc1ccc(C#N)c(C)c1. The second-order valence-electron chi connectivity index (χ2n) is 4.65. The van der Waals surface area contributed by atoms with Crippen LogP contribution in [0.4, 0.5) is 5.69 Å². The van der Waals surface area contributed by atoms with Crippen LogP contribution in [-0.2, 0) is 0 Å². The normalized spacial score (nSPS) is 12.2. The molecule has 1 aromatic carbocycles. The minimum absolute atomic E-state index is 0.470. The molecule has 0 radical (unpaired) electrons. The maximum Gasteiger partial charge on any atom is 0.0994 e. The van der Waals surface area contributed by atoms with Crippen molar-refractivity contribution in [1.82, 2.24) is 0 Å². The summed E-state index contributed by atoms with van der Waals surface area (Å²) in [5.41, 5.74) is 2.90. The Hall–Kier alpha value is -1.49. The van der Waals surface area contributed by atoms with E-state index in [4.69, 9.17) is 5.26 Å². The van der Waals surface area contributed by atoms with Crippen molar-refractivity contribution in [2.45, 2.75) is 46.6 Å². The molecule has 1 rings (SSSR count). The highest BCUT2D eigenvalue weighted by atomic mass is 14.9. The molecule has 0 aliphatic heterocycles. The van der Waals surface area contributed by atoms with Gasteiger partial charge in [-0.05, 0) is 43.5 Å². The molecule has 0 bridgehead atoms. The van der Waals surface area contributed by atoms with Crippen molar-refractivity contribution < 1.29 is 0 Å². The van der Waals surface area contributed by atoms with Crippen molar-refractivity contribution in [1.29, 1.82) is 5.26 Å².